The van der Waals surface area contributed by atoms with E-state index in [1.54, 1.807) is 18.2 Å². The fourth-order valence-electron chi connectivity index (χ4n) is 2.48. The lowest BCUT2D eigenvalue weighted by Crippen LogP contribution is -2.26. The summed E-state index contributed by atoms with van der Waals surface area (Å²) in [7, 11) is 0. The molecule has 1 N–H and O–H groups in total. The number of nitrogens with zero attached hydrogens (tertiary/aromatic N) is 4. The van der Waals surface area contributed by atoms with Crippen molar-refractivity contribution in [3.05, 3.63) is 79.9 Å². The molecule has 1 aliphatic rings. The van der Waals surface area contributed by atoms with Crippen LogP contribution in [0.4, 0.5) is 11.4 Å². The molecular weight excluding hydrogens is 386 g/mol. The first-order valence-electron chi connectivity index (χ1n) is 7.99. The molecule has 1 heterocycles. The van der Waals surface area contributed by atoms with E-state index < -0.39 is 15.1 Å². The predicted octanol–water partition coefficient (Wildman–Crippen LogP) is 2.67. The molecule has 142 valence electrons. The van der Waals surface area contributed by atoms with Crippen LogP contribution in [0.15, 0.2) is 58.7 Å². The van der Waals surface area contributed by atoms with Crippen LogP contribution >= 0.6 is 11.8 Å². The second-order valence-electron chi connectivity index (χ2n) is 5.68. The number of para-hydroxylation sites is 1. The molecule has 0 aliphatic carbocycles. The summed E-state index contributed by atoms with van der Waals surface area (Å²) in [6.07, 6.45) is 1.59. The number of rotatable bonds is 6. The molecule has 1 saturated heterocycles. The van der Waals surface area contributed by atoms with Crippen molar-refractivity contribution in [1.29, 1.82) is 0 Å². The molecule has 1 amide bonds. The van der Waals surface area contributed by atoms with Crippen molar-refractivity contribution in [2.45, 2.75) is 11.7 Å². The minimum atomic E-state index is -0.547. The molecule has 11 heteroatoms. The number of carbonyl (C=O) groups is 1. The summed E-state index contributed by atoms with van der Waals surface area (Å²) in [5.74, 6) is -0.299. The number of nitrogens with one attached hydrogen (secondary N) is 1. The van der Waals surface area contributed by atoms with Gasteiger partial charge in [-0.15, -0.1) is 5.10 Å². The summed E-state index contributed by atoms with van der Waals surface area (Å²) in [5.41, 5.74) is 1.02. The molecule has 0 aromatic heterocycles. The average Bonchev–Trinajstić information content (AvgIpc) is 3.01. The average molecular weight is 399 g/mol. The monoisotopic (exact) mass is 399 g/mol. The lowest BCUT2D eigenvalue weighted by molar-refractivity contribution is -0.385. The van der Waals surface area contributed by atoms with Crippen LogP contribution in [0.5, 0.6) is 0 Å². The first-order valence-corrected chi connectivity index (χ1v) is 8.87. The van der Waals surface area contributed by atoms with Crippen LogP contribution in [0.3, 0.4) is 0 Å². The van der Waals surface area contributed by atoms with Crippen LogP contribution in [0.25, 0.3) is 0 Å². The quantitative estimate of drug-likeness (QED) is 0.450. The van der Waals surface area contributed by atoms with Crippen LogP contribution in [-0.2, 0) is 11.2 Å². The summed E-state index contributed by atoms with van der Waals surface area (Å²) in [6.45, 7) is 0. The number of carbonyl (C=O) groups excluding carboxylic acids is 1. The van der Waals surface area contributed by atoms with Gasteiger partial charge in [0.05, 0.1) is 21.3 Å². The number of hydrogen-bond donors (Lipinski definition) is 1. The van der Waals surface area contributed by atoms with Crippen molar-refractivity contribution in [3.8, 4) is 0 Å². The molecule has 3 rings (SSSR count). The second-order valence-corrected chi connectivity index (χ2v) is 6.88. The maximum Gasteiger partial charge on any atom is 0.272 e. The summed E-state index contributed by atoms with van der Waals surface area (Å²) in [4.78, 5) is 32.8. The van der Waals surface area contributed by atoms with Gasteiger partial charge in [-0.25, -0.2) is 0 Å². The largest absolute Gasteiger partial charge is 0.303 e. The molecule has 2 aromatic carbocycles. The van der Waals surface area contributed by atoms with Crippen LogP contribution in [-0.4, -0.2) is 32.4 Å². The molecule has 1 atom stereocenters. The number of hydrogen-bond acceptors (Lipinski definition) is 8. The van der Waals surface area contributed by atoms with E-state index in [2.05, 4.69) is 15.5 Å². The van der Waals surface area contributed by atoms with Gasteiger partial charge in [0, 0.05) is 30.2 Å². The molecule has 0 spiro atoms. The number of amides is 1. The van der Waals surface area contributed by atoms with Crippen molar-refractivity contribution >= 4 is 40.4 Å². The molecule has 0 saturated carbocycles. The highest BCUT2D eigenvalue weighted by molar-refractivity contribution is 8.15. The smallest absolute Gasteiger partial charge is 0.272 e. The van der Waals surface area contributed by atoms with E-state index in [0.29, 0.717) is 11.1 Å². The van der Waals surface area contributed by atoms with Crippen molar-refractivity contribution in [3.63, 3.8) is 0 Å². The van der Waals surface area contributed by atoms with Crippen LogP contribution < -0.4 is 5.32 Å². The summed E-state index contributed by atoms with van der Waals surface area (Å²) in [6, 6.07) is 12.0. The Bertz CT molecular complexity index is 990. The summed E-state index contributed by atoms with van der Waals surface area (Å²) >= 11 is 1.14. The zero-order valence-electron chi connectivity index (χ0n) is 14.2. The Balaban J connectivity index is 1.65. The Hall–Kier alpha value is -3.60. The molecule has 2 aromatic rings. The molecule has 0 unspecified atom stereocenters. The third kappa shape index (κ3) is 4.57. The van der Waals surface area contributed by atoms with Crippen LogP contribution in [0.1, 0.15) is 11.1 Å². The maximum atomic E-state index is 12.1. The van der Waals surface area contributed by atoms with Crippen LogP contribution in [0, 0.1) is 20.2 Å². The van der Waals surface area contributed by atoms with Gasteiger partial charge < -0.3 is 5.32 Å². The van der Waals surface area contributed by atoms with Crippen molar-refractivity contribution < 1.29 is 14.6 Å². The number of amidine groups is 1. The van der Waals surface area contributed by atoms with Crippen molar-refractivity contribution in [2.75, 3.05) is 0 Å². The Kier molecular flexibility index (Phi) is 5.75. The molecule has 0 bridgehead atoms. The van der Waals surface area contributed by atoms with Gasteiger partial charge in [-0.3, -0.25) is 25.0 Å². The minimum absolute atomic E-state index is 0.0278. The highest BCUT2D eigenvalue weighted by Gasteiger charge is 2.32. The Morgan fingerprint density at radius 2 is 1.79 bits per heavy atom. The number of nitro benzene ring substituents is 2. The van der Waals surface area contributed by atoms with Gasteiger partial charge in [0.25, 0.3) is 11.4 Å². The van der Waals surface area contributed by atoms with E-state index in [1.165, 1.54) is 36.5 Å². The van der Waals surface area contributed by atoms with Gasteiger partial charge in [-0.2, -0.15) is 5.10 Å². The minimum Gasteiger partial charge on any atom is -0.303 e. The number of non-ortho nitro benzene ring substituents is 1. The van der Waals surface area contributed by atoms with Crippen molar-refractivity contribution in [1.82, 2.24) is 5.32 Å². The lowest BCUT2D eigenvalue weighted by Gasteiger charge is -2.05. The summed E-state index contributed by atoms with van der Waals surface area (Å²) < 4.78 is 0. The molecular formula is C17H13N5O5S. The lowest BCUT2D eigenvalue weighted by atomic mass is 10.1. The zero-order chi connectivity index (χ0) is 20.1. The van der Waals surface area contributed by atoms with E-state index in [0.717, 1.165) is 11.8 Å². The number of benzene rings is 2. The van der Waals surface area contributed by atoms with Gasteiger partial charge in [-0.1, -0.05) is 30.0 Å². The van der Waals surface area contributed by atoms with Gasteiger partial charge in [-0.05, 0) is 17.7 Å². The highest BCUT2D eigenvalue weighted by Crippen LogP contribution is 2.27. The Morgan fingerprint density at radius 1 is 1.07 bits per heavy atom. The first-order chi connectivity index (χ1) is 13.4. The zero-order valence-corrected chi connectivity index (χ0v) is 15.0. The van der Waals surface area contributed by atoms with E-state index >= 15 is 0 Å². The molecule has 10 nitrogen and oxygen atoms in total. The van der Waals surface area contributed by atoms with E-state index in [-0.39, 0.29) is 28.9 Å². The third-order valence-electron chi connectivity index (χ3n) is 3.83. The van der Waals surface area contributed by atoms with E-state index in [1.807, 2.05) is 0 Å². The molecule has 28 heavy (non-hydrogen) atoms. The third-order valence-corrected chi connectivity index (χ3v) is 4.90. The normalized spacial score (nSPS) is 17.8. The maximum absolute atomic E-state index is 12.1. The van der Waals surface area contributed by atoms with E-state index in [9.17, 15) is 25.0 Å². The Labute approximate surface area is 162 Å². The number of nitro groups is 2. The second kappa shape index (κ2) is 8.39. The Morgan fingerprint density at radius 3 is 2.46 bits per heavy atom. The molecule has 1 fully saturated rings. The standard InChI is InChI=1S/C17H13N5O5S/c23-16-15(9-12-3-1-2-4-14(12)22(26)27)28-17(19-16)20-18-10-11-5-7-13(8-6-11)21(24)25/h1-8,10,15H,9H2,(H,19,20,23)/b18-10+/t15-/m0/s1. The number of thioether (sulfide) groups is 1. The fraction of sp³-hybridized carbons (Fsp3) is 0.118. The van der Waals surface area contributed by atoms with Gasteiger partial charge in [0.2, 0.25) is 5.91 Å². The topological polar surface area (TPSA) is 140 Å². The van der Waals surface area contributed by atoms with Crippen LogP contribution in [0.2, 0.25) is 0 Å². The molecule has 0 radical (unpaired) electrons. The first kappa shape index (κ1) is 19.2. The van der Waals surface area contributed by atoms with Gasteiger partial charge >= 0.3 is 0 Å². The SMILES string of the molecule is O=C1N/C(=N\N=C\c2ccc([N+](=O)[O-])cc2)S[C@H]1Cc1ccccc1[N+](=O)[O-]. The van der Waals surface area contributed by atoms with Gasteiger partial charge in [0.15, 0.2) is 5.17 Å². The predicted molar refractivity (Wildman–Crippen MR) is 104 cm³/mol. The van der Waals surface area contributed by atoms with Crippen molar-refractivity contribution in [2.24, 2.45) is 10.2 Å². The highest BCUT2D eigenvalue weighted by atomic mass is 32.2. The van der Waals surface area contributed by atoms with Gasteiger partial charge in [0.1, 0.15) is 0 Å². The fourth-order valence-corrected chi connectivity index (χ4v) is 3.43. The van der Waals surface area contributed by atoms with E-state index in [4.69, 9.17) is 0 Å². The molecule has 1 aliphatic heterocycles. The summed E-state index contributed by atoms with van der Waals surface area (Å²) in [5, 5.41) is 31.8.